The van der Waals surface area contributed by atoms with E-state index in [0.29, 0.717) is 25.7 Å². The molecular weight excluding hydrogens is 514 g/mol. The summed E-state index contributed by atoms with van der Waals surface area (Å²) in [5.41, 5.74) is 5.54. The number of aliphatic carboxylic acids is 1. The molecule has 0 saturated heterocycles. The summed E-state index contributed by atoms with van der Waals surface area (Å²) >= 11 is 0. The highest BCUT2D eigenvalue weighted by atomic mass is 32.2. The normalized spacial score (nSPS) is 20.6. The maximum absolute atomic E-state index is 13.4. The van der Waals surface area contributed by atoms with Crippen LogP contribution in [0.5, 0.6) is 0 Å². The van der Waals surface area contributed by atoms with Gasteiger partial charge in [-0.15, -0.1) is 0 Å². The zero-order valence-electron chi connectivity index (χ0n) is 20.9. The first-order valence-electron chi connectivity index (χ1n) is 12.2. The zero-order valence-corrected chi connectivity index (χ0v) is 21.7. The fourth-order valence-electron chi connectivity index (χ4n) is 5.00. The molecule has 6 N–H and O–H groups in total. The third-order valence-electron chi connectivity index (χ3n) is 7.46. The first kappa shape index (κ1) is 27.3. The smallest absolute Gasteiger partial charge is 0.307 e. The van der Waals surface area contributed by atoms with E-state index in [1.54, 1.807) is 19.1 Å². The number of nitrogens with two attached hydrogens (primary N) is 1. The lowest BCUT2D eigenvalue weighted by atomic mass is 9.82. The lowest BCUT2D eigenvalue weighted by Crippen LogP contribution is -2.44. The van der Waals surface area contributed by atoms with Gasteiger partial charge < -0.3 is 21.5 Å². The van der Waals surface area contributed by atoms with Gasteiger partial charge in [-0.2, -0.15) is 8.42 Å². The van der Waals surface area contributed by atoms with Crippen molar-refractivity contribution in [3.8, 4) is 0 Å². The summed E-state index contributed by atoms with van der Waals surface area (Å²) in [6.45, 7) is 3.04. The Morgan fingerprint density at radius 1 is 0.947 bits per heavy atom. The molecule has 0 heterocycles. The minimum Gasteiger partial charge on any atom is -0.481 e. The Bertz CT molecular complexity index is 1440. The van der Waals surface area contributed by atoms with Crippen molar-refractivity contribution in [2.24, 2.45) is 11.8 Å². The summed E-state index contributed by atoms with van der Waals surface area (Å²) in [5, 5.41) is 15.2. The van der Waals surface area contributed by atoms with Gasteiger partial charge in [-0.3, -0.25) is 23.7 Å². The van der Waals surface area contributed by atoms with Gasteiger partial charge in [0.05, 0.1) is 22.7 Å². The molecule has 2 aliphatic carbocycles. The largest absolute Gasteiger partial charge is 0.481 e. The molecule has 12 heteroatoms. The standard InChI is InChI=1S/C26H29N3O8S/c1-12(13(2)26(33)34)25(32)29-15-9-7-14(8-10-15)28-18-11-19(38(35,36)37)22(27)21-20(18)23(30)16-5-3-4-6-17(16)24(21)31/h3-6,11-15,28H,7-10,27H2,1-2H3,(H,29,32)(H,33,34)(H,35,36,37). The average Bonchev–Trinajstić information content (AvgIpc) is 2.87. The van der Waals surface area contributed by atoms with E-state index < -0.39 is 50.1 Å². The maximum Gasteiger partial charge on any atom is 0.307 e. The Balaban J connectivity index is 1.58. The predicted molar refractivity (Wildman–Crippen MR) is 138 cm³/mol. The number of carbonyl (C=O) groups excluding carboxylic acids is 3. The van der Waals surface area contributed by atoms with Crippen molar-refractivity contribution < 1.29 is 37.3 Å². The molecule has 0 bridgehead atoms. The first-order valence-corrected chi connectivity index (χ1v) is 13.7. The molecule has 11 nitrogen and oxygen atoms in total. The minimum absolute atomic E-state index is 0.0505. The number of hydrogen-bond donors (Lipinski definition) is 5. The van der Waals surface area contributed by atoms with Crippen molar-refractivity contribution in [1.82, 2.24) is 5.32 Å². The van der Waals surface area contributed by atoms with E-state index in [1.165, 1.54) is 19.1 Å². The van der Waals surface area contributed by atoms with Gasteiger partial charge in [-0.05, 0) is 31.7 Å². The first-order chi connectivity index (χ1) is 17.8. The van der Waals surface area contributed by atoms with Crippen molar-refractivity contribution >= 4 is 44.9 Å². The molecule has 1 fully saturated rings. The highest BCUT2D eigenvalue weighted by molar-refractivity contribution is 7.86. The molecule has 2 unspecified atom stereocenters. The average molecular weight is 544 g/mol. The molecule has 4 rings (SSSR count). The van der Waals surface area contributed by atoms with Crippen LogP contribution in [-0.4, -0.2) is 53.6 Å². The fourth-order valence-corrected chi connectivity index (χ4v) is 5.64. The fraction of sp³-hybridized carbons (Fsp3) is 0.385. The van der Waals surface area contributed by atoms with Crippen LogP contribution in [-0.2, 0) is 19.7 Å². The third kappa shape index (κ3) is 5.01. The van der Waals surface area contributed by atoms with Gasteiger partial charge in [0.2, 0.25) is 5.91 Å². The van der Waals surface area contributed by atoms with Crippen LogP contribution in [0.15, 0.2) is 35.2 Å². The Morgan fingerprint density at radius 3 is 2.00 bits per heavy atom. The summed E-state index contributed by atoms with van der Waals surface area (Å²) in [6, 6.07) is 6.83. The van der Waals surface area contributed by atoms with E-state index >= 15 is 0 Å². The van der Waals surface area contributed by atoms with Gasteiger partial charge in [-0.25, -0.2) is 0 Å². The minimum atomic E-state index is -4.81. The molecular formula is C26H29N3O8S. The van der Waals surface area contributed by atoms with Crippen LogP contribution >= 0.6 is 0 Å². The number of nitrogen functional groups attached to an aromatic ring is 1. The van der Waals surface area contributed by atoms with Gasteiger partial charge in [0.1, 0.15) is 4.90 Å². The second-order valence-corrected chi connectivity index (χ2v) is 11.3. The number of carboxylic acid groups (broad SMARTS) is 1. The summed E-state index contributed by atoms with van der Waals surface area (Å²) in [4.78, 5) is 49.7. The number of fused-ring (bicyclic) bond motifs is 2. The van der Waals surface area contributed by atoms with Crippen LogP contribution in [0.4, 0.5) is 11.4 Å². The van der Waals surface area contributed by atoms with Gasteiger partial charge in [0.25, 0.3) is 10.1 Å². The zero-order chi connectivity index (χ0) is 27.9. The predicted octanol–water partition coefficient (Wildman–Crippen LogP) is 2.49. The van der Waals surface area contributed by atoms with Gasteiger partial charge in [0, 0.05) is 34.8 Å². The summed E-state index contributed by atoms with van der Waals surface area (Å²) in [7, 11) is -4.81. The number of ketones is 2. The van der Waals surface area contributed by atoms with E-state index in [1.807, 2.05) is 0 Å². The molecule has 2 atom stereocenters. The number of anilines is 2. The van der Waals surface area contributed by atoms with Gasteiger partial charge in [-0.1, -0.05) is 38.1 Å². The van der Waals surface area contributed by atoms with E-state index in [-0.39, 0.29) is 45.9 Å². The topological polar surface area (TPSA) is 193 Å². The lowest BCUT2D eigenvalue weighted by Gasteiger charge is -2.32. The number of hydrogen-bond acceptors (Lipinski definition) is 8. The second-order valence-electron chi connectivity index (χ2n) is 9.88. The molecule has 2 aliphatic rings. The Hall–Kier alpha value is -3.77. The van der Waals surface area contributed by atoms with Crippen LogP contribution in [0.1, 0.15) is 71.4 Å². The highest BCUT2D eigenvalue weighted by Crippen LogP contribution is 2.40. The number of carbonyl (C=O) groups is 4. The molecule has 0 radical (unpaired) electrons. The van der Waals surface area contributed by atoms with Crippen molar-refractivity contribution in [3.63, 3.8) is 0 Å². The van der Waals surface area contributed by atoms with E-state index in [0.717, 1.165) is 6.07 Å². The highest BCUT2D eigenvalue weighted by Gasteiger charge is 2.37. The molecule has 1 saturated carbocycles. The van der Waals surface area contributed by atoms with Crippen molar-refractivity contribution in [2.75, 3.05) is 11.1 Å². The molecule has 0 spiro atoms. The molecule has 202 valence electrons. The number of amides is 1. The van der Waals surface area contributed by atoms with E-state index in [9.17, 15) is 32.1 Å². The summed E-state index contributed by atoms with van der Waals surface area (Å²) < 4.78 is 33.9. The number of carboxylic acids is 1. The maximum atomic E-state index is 13.4. The summed E-state index contributed by atoms with van der Waals surface area (Å²) in [6.07, 6.45) is 2.17. The Kier molecular flexibility index (Phi) is 7.31. The molecule has 0 aromatic heterocycles. The molecule has 0 aliphatic heterocycles. The monoisotopic (exact) mass is 543 g/mol. The van der Waals surface area contributed by atoms with Crippen LogP contribution in [0.3, 0.4) is 0 Å². The second kappa shape index (κ2) is 10.2. The number of nitrogens with one attached hydrogen (secondary N) is 2. The van der Waals surface area contributed by atoms with Crippen LogP contribution in [0, 0.1) is 11.8 Å². The van der Waals surface area contributed by atoms with Crippen molar-refractivity contribution in [2.45, 2.75) is 56.5 Å². The SMILES string of the molecule is CC(C(=O)O)C(C)C(=O)NC1CCC(Nc2cc(S(=O)(=O)O)c(N)c3c2C(=O)c2ccccc2C3=O)CC1. The third-order valence-corrected chi connectivity index (χ3v) is 8.36. The Labute approximate surface area is 219 Å². The lowest BCUT2D eigenvalue weighted by molar-refractivity contribution is -0.146. The van der Waals surface area contributed by atoms with Crippen LogP contribution in [0.25, 0.3) is 0 Å². The van der Waals surface area contributed by atoms with E-state index in [4.69, 9.17) is 10.8 Å². The number of rotatable bonds is 7. The molecule has 1 amide bonds. The van der Waals surface area contributed by atoms with Crippen molar-refractivity contribution in [1.29, 1.82) is 0 Å². The van der Waals surface area contributed by atoms with Crippen LogP contribution < -0.4 is 16.4 Å². The quantitative estimate of drug-likeness (QED) is 0.218. The number of benzene rings is 2. The molecule has 38 heavy (non-hydrogen) atoms. The van der Waals surface area contributed by atoms with Crippen LogP contribution in [0.2, 0.25) is 0 Å². The summed E-state index contributed by atoms with van der Waals surface area (Å²) in [5.74, 6) is -4.02. The Morgan fingerprint density at radius 2 is 1.47 bits per heavy atom. The molecule has 2 aromatic rings. The van der Waals surface area contributed by atoms with Gasteiger partial charge in [0.15, 0.2) is 11.6 Å². The van der Waals surface area contributed by atoms with Gasteiger partial charge >= 0.3 is 5.97 Å². The van der Waals surface area contributed by atoms with Crippen molar-refractivity contribution in [3.05, 3.63) is 52.6 Å². The molecule has 2 aromatic carbocycles. The van der Waals surface area contributed by atoms with E-state index in [2.05, 4.69) is 10.6 Å².